The molecule has 2 heterocycles. The van der Waals surface area contributed by atoms with E-state index in [0.717, 1.165) is 73.3 Å². The van der Waals surface area contributed by atoms with Crippen LogP contribution in [-0.4, -0.2) is 65.6 Å². The van der Waals surface area contributed by atoms with E-state index < -0.39 is 0 Å². The minimum absolute atomic E-state index is 0.0421. The van der Waals surface area contributed by atoms with Crippen LogP contribution in [0.15, 0.2) is 36.4 Å². The Labute approximate surface area is 183 Å². The predicted octanol–water partition coefficient (Wildman–Crippen LogP) is 2.86. The number of amides is 1. The normalized spacial score (nSPS) is 16.8. The molecule has 0 bridgehead atoms. The molecule has 2 aromatic carbocycles. The van der Waals surface area contributed by atoms with Crippen molar-refractivity contribution < 1.29 is 19.0 Å². The molecule has 0 atom stereocenters. The summed E-state index contributed by atoms with van der Waals surface area (Å²) in [5.41, 5.74) is 5.02. The highest BCUT2D eigenvalue weighted by Gasteiger charge is 2.19. The van der Waals surface area contributed by atoms with Gasteiger partial charge in [0.1, 0.15) is 5.75 Å². The van der Waals surface area contributed by atoms with Crippen LogP contribution in [0.4, 0.5) is 17.1 Å². The van der Waals surface area contributed by atoms with Gasteiger partial charge in [-0.25, -0.2) is 0 Å². The van der Waals surface area contributed by atoms with Crippen molar-refractivity contribution in [3.8, 4) is 5.75 Å². The first-order valence-corrected chi connectivity index (χ1v) is 10.9. The van der Waals surface area contributed by atoms with Crippen molar-refractivity contribution >= 4 is 23.0 Å². The molecule has 0 spiro atoms. The Hall–Kier alpha value is -2.77. The molecule has 7 heteroatoms. The first-order valence-electron chi connectivity index (χ1n) is 10.9. The molecular weight excluding hydrogens is 394 g/mol. The summed E-state index contributed by atoms with van der Waals surface area (Å²) >= 11 is 0. The molecular formula is C24H31N3O4. The molecule has 31 heavy (non-hydrogen) atoms. The van der Waals surface area contributed by atoms with Crippen molar-refractivity contribution in [2.45, 2.75) is 13.3 Å². The summed E-state index contributed by atoms with van der Waals surface area (Å²) in [6.45, 7) is 8.24. The molecule has 2 fully saturated rings. The summed E-state index contributed by atoms with van der Waals surface area (Å²) in [7, 11) is 1.65. The Morgan fingerprint density at radius 2 is 1.65 bits per heavy atom. The highest BCUT2D eigenvalue weighted by Crippen LogP contribution is 2.32. The van der Waals surface area contributed by atoms with Gasteiger partial charge in [-0.05, 0) is 42.3 Å². The number of nitrogens with zero attached hydrogens (tertiary/aromatic N) is 2. The Morgan fingerprint density at radius 3 is 2.32 bits per heavy atom. The molecule has 2 aliphatic heterocycles. The van der Waals surface area contributed by atoms with Crippen LogP contribution in [0.2, 0.25) is 0 Å². The van der Waals surface area contributed by atoms with Gasteiger partial charge in [0, 0.05) is 31.9 Å². The van der Waals surface area contributed by atoms with Gasteiger partial charge in [-0.2, -0.15) is 0 Å². The molecule has 2 aliphatic rings. The monoisotopic (exact) mass is 425 g/mol. The number of hydrogen-bond acceptors (Lipinski definition) is 6. The standard InChI is InChI=1S/C24H31N3O4/c1-18-3-4-19(15-23(18)29-2)16-24(28)25-21-6-5-20(26-7-11-30-12-8-26)17-22(21)27-9-13-31-14-10-27/h3-6,15,17H,7-14,16H2,1-2H3,(H,25,28). The molecule has 7 nitrogen and oxygen atoms in total. The molecule has 2 aromatic rings. The lowest BCUT2D eigenvalue weighted by atomic mass is 10.1. The maximum Gasteiger partial charge on any atom is 0.228 e. The second-order valence-electron chi connectivity index (χ2n) is 7.93. The number of ether oxygens (including phenoxy) is 3. The van der Waals surface area contributed by atoms with Crippen LogP contribution in [-0.2, 0) is 20.7 Å². The van der Waals surface area contributed by atoms with Gasteiger partial charge in [-0.15, -0.1) is 0 Å². The highest BCUT2D eigenvalue weighted by molar-refractivity contribution is 5.96. The Balaban J connectivity index is 1.53. The number of morpholine rings is 2. The van der Waals surface area contributed by atoms with Crippen molar-refractivity contribution in [1.29, 1.82) is 0 Å². The lowest BCUT2D eigenvalue weighted by Gasteiger charge is -2.33. The lowest BCUT2D eigenvalue weighted by molar-refractivity contribution is -0.115. The van der Waals surface area contributed by atoms with Crippen molar-refractivity contribution in [2.24, 2.45) is 0 Å². The maximum absolute atomic E-state index is 12.9. The van der Waals surface area contributed by atoms with Crippen LogP contribution < -0.4 is 19.9 Å². The molecule has 0 aromatic heterocycles. The van der Waals surface area contributed by atoms with E-state index in [2.05, 4.69) is 27.2 Å². The first-order chi connectivity index (χ1) is 15.1. The van der Waals surface area contributed by atoms with Gasteiger partial charge in [0.2, 0.25) is 5.91 Å². The van der Waals surface area contributed by atoms with Crippen LogP contribution in [0.3, 0.4) is 0 Å². The molecule has 0 saturated carbocycles. The van der Waals surface area contributed by atoms with E-state index in [-0.39, 0.29) is 5.91 Å². The van der Waals surface area contributed by atoms with Crippen molar-refractivity contribution in [3.63, 3.8) is 0 Å². The van der Waals surface area contributed by atoms with Gasteiger partial charge in [0.05, 0.1) is 51.3 Å². The van der Waals surface area contributed by atoms with E-state index >= 15 is 0 Å². The third-order valence-corrected chi connectivity index (χ3v) is 5.82. The zero-order valence-corrected chi connectivity index (χ0v) is 18.4. The minimum atomic E-state index is -0.0421. The summed E-state index contributed by atoms with van der Waals surface area (Å²) in [5, 5.41) is 3.13. The largest absolute Gasteiger partial charge is 0.496 e. The lowest BCUT2D eigenvalue weighted by Crippen LogP contribution is -2.38. The van der Waals surface area contributed by atoms with Crippen molar-refractivity contribution in [3.05, 3.63) is 47.5 Å². The van der Waals surface area contributed by atoms with Crippen molar-refractivity contribution in [1.82, 2.24) is 0 Å². The SMILES string of the molecule is COc1cc(CC(=O)Nc2ccc(N3CCOCC3)cc2N2CCOCC2)ccc1C. The second-order valence-corrected chi connectivity index (χ2v) is 7.93. The van der Waals surface area contributed by atoms with Gasteiger partial charge >= 0.3 is 0 Å². The summed E-state index contributed by atoms with van der Waals surface area (Å²) in [6, 6.07) is 12.2. The average Bonchev–Trinajstić information content (AvgIpc) is 2.81. The molecule has 0 unspecified atom stereocenters. The topological polar surface area (TPSA) is 63.3 Å². The van der Waals surface area contributed by atoms with E-state index in [9.17, 15) is 4.79 Å². The van der Waals surface area contributed by atoms with Gasteiger partial charge in [-0.1, -0.05) is 12.1 Å². The summed E-state index contributed by atoms with van der Waals surface area (Å²) in [4.78, 5) is 17.5. The number of aryl methyl sites for hydroxylation is 1. The van der Waals surface area contributed by atoms with Crippen LogP contribution in [0.1, 0.15) is 11.1 Å². The fourth-order valence-corrected chi connectivity index (χ4v) is 4.06. The van der Waals surface area contributed by atoms with Crippen LogP contribution in [0, 0.1) is 6.92 Å². The zero-order valence-electron chi connectivity index (χ0n) is 18.4. The number of carbonyl (C=O) groups is 1. The number of benzene rings is 2. The quantitative estimate of drug-likeness (QED) is 0.768. The fourth-order valence-electron chi connectivity index (χ4n) is 4.06. The van der Waals surface area contributed by atoms with E-state index in [4.69, 9.17) is 14.2 Å². The van der Waals surface area contributed by atoms with E-state index in [1.165, 1.54) is 0 Å². The molecule has 0 aliphatic carbocycles. The molecule has 1 N–H and O–H groups in total. The number of methoxy groups -OCH3 is 1. The zero-order chi connectivity index (χ0) is 21.6. The van der Waals surface area contributed by atoms with Crippen LogP contribution in [0.5, 0.6) is 5.75 Å². The molecule has 2 saturated heterocycles. The van der Waals surface area contributed by atoms with Gasteiger partial charge in [0.25, 0.3) is 0 Å². The van der Waals surface area contributed by atoms with Crippen LogP contribution >= 0.6 is 0 Å². The summed E-state index contributed by atoms with van der Waals surface area (Å²) in [6.07, 6.45) is 0.296. The minimum Gasteiger partial charge on any atom is -0.496 e. The van der Waals surface area contributed by atoms with Crippen LogP contribution in [0.25, 0.3) is 0 Å². The molecule has 4 rings (SSSR count). The number of carbonyl (C=O) groups excluding carboxylic acids is 1. The van der Waals surface area contributed by atoms with E-state index in [1.54, 1.807) is 7.11 Å². The molecule has 0 radical (unpaired) electrons. The van der Waals surface area contributed by atoms with E-state index in [0.29, 0.717) is 19.6 Å². The average molecular weight is 426 g/mol. The summed E-state index contributed by atoms with van der Waals surface area (Å²) < 4.78 is 16.4. The third-order valence-electron chi connectivity index (χ3n) is 5.82. The Morgan fingerprint density at radius 1 is 0.968 bits per heavy atom. The fraction of sp³-hybridized carbons (Fsp3) is 0.458. The second kappa shape index (κ2) is 10.0. The van der Waals surface area contributed by atoms with Crippen molar-refractivity contribution in [2.75, 3.05) is 74.8 Å². The smallest absolute Gasteiger partial charge is 0.228 e. The van der Waals surface area contributed by atoms with Gasteiger partial charge in [0.15, 0.2) is 0 Å². The maximum atomic E-state index is 12.9. The molecule has 166 valence electrons. The highest BCUT2D eigenvalue weighted by atomic mass is 16.5. The number of anilines is 3. The van der Waals surface area contributed by atoms with Gasteiger partial charge < -0.3 is 29.3 Å². The Bertz CT molecular complexity index is 906. The summed E-state index contributed by atoms with van der Waals surface area (Å²) in [5.74, 6) is 0.758. The third kappa shape index (κ3) is 5.29. The Kier molecular flexibility index (Phi) is 6.94. The molecule has 1 amide bonds. The first kappa shape index (κ1) is 21.5. The number of rotatable bonds is 6. The van der Waals surface area contributed by atoms with Gasteiger partial charge in [-0.3, -0.25) is 4.79 Å². The predicted molar refractivity (Wildman–Crippen MR) is 123 cm³/mol. The number of nitrogens with one attached hydrogen (secondary N) is 1. The number of hydrogen-bond donors (Lipinski definition) is 1. The van der Waals surface area contributed by atoms with E-state index in [1.807, 2.05) is 31.2 Å².